The number of hydrogen-bond donors (Lipinski definition) is 22. The Balaban J connectivity index is 1.48. The van der Waals surface area contributed by atoms with Crippen molar-refractivity contribution in [2.24, 2.45) is 0 Å². The molecule has 0 aromatic carbocycles. The average molecular weight is 1440 g/mol. The van der Waals surface area contributed by atoms with Gasteiger partial charge in [0.05, 0.1) is 76.1 Å². The quantitative estimate of drug-likeness (QED) is 0.0154. The van der Waals surface area contributed by atoms with Crippen molar-refractivity contribution in [3.05, 3.63) is 12.2 Å². The number of carbonyl (C=O) groups excluding carboxylic acids is 4. The first-order valence-corrected chi connectivity index (χ1v) is 33.2. The number of aliphatic carboxylic acids is 2. The molecule has 29 atom stereocenters. The van der Waals surface area contributed by atoms with E-state index in [0.717, 1.165) is 52.9 Å². The van der Waals surface area contributed by atoms with Gasteiger partial charge in [-0.15, -0.1) is 0 Å². The van der Waals surface area contributed by atoms with E-state index in [-0.39, 0.29) is 6.41 Å². The minimum absolute atomic E-state index is 0.284. The molecule has 99 heavy (non-hydrogen) atoms. The van der Waals surface area contributed by atoms with Gasteiger partial charge in [-0.1, -0.05) is 83.3 Å². The highest BCUT2D eigenvalue weighted by Gasteiger charge is 2.63. The zero-order valence-corrected chi connectivity index (χ0v) is 55.5. The summed E-state index contributed by atoms with van der Waals surface area (Å²) in [5.74, 6) is -14.2. The van der Waals surface area contributed by atoms with Crippen LogP contribution in [0.4, 0.5) is 0 Å². The number of nitrogens with one attached hydrogen (secondary N) is 4. The number of aliphatic hydroxyl groups is 16. The van der Waals surface area contributed by atoms with Gasteiger partial charge < -0.3 is 161 Å². The average Bonchev–Trinajstić information content (AvgIpc) is 0.763. The van der Waals surface area contributed by atoms with Crippen LogP contribution in [0, 0.1) is 0 Å². The molecule has 38 nitrogen and oxygen atoms in total. The molecule has 5 aliphatic heterocycles. The van der Waals surface area contributed by atoms with Crippen molar-refractivity contribution < 1.29 is 168 Å². The molecule has 0 bridgehead atoms. The molecule has 5 rings (SSSR count). The number of carbonyl (C=O) groups is 6. The van der Waals surface area contributed by atoms with Gasteiger partial charge >= 0.3 is 11.9 Å². The van der Waals surface area contributed by atoms with Crippen LogP contribution in [0.2, 0.25) is 0 Å². The van der Waals surface area contributed by atoms with E-state index in [1.54, 1.807) is 6.08 Å². The molecule has 5 aliphatic rings. The lowest BCUT2D eigenvalue weighted by Gasteiger charge is -2.52. The summed E-state index contributed by atoms with van der Waals surface area (Å²) in [7, 11) is 0. The maximum absolute atomic E-state index is 14.0. The van der Waals surface area contributed by atoms with Gasteiger partial charge in [0.2, 0.25) is 24.1 Å². The second kappa shape index (κ2) is 40.5. The number of rotatable bonds is 41. The van der Waals surface area contributed by atoms with E-state index in [1.807, 2.05) is 0 Å². The summed E-state index contributed by atoms with van der Waals surface area (Å²) in [4.78, 5) is 76.5. The van der Waals surface area contributed by atoms with Crippen LogP contribution in [-0.2, 0) is 76.1 Å². The Bertz CT molecular complexity index is 2520. The summed E-state index contributed by atoms with van der Waals surface area (Å²) >= 11 is 0. The summed E-state index contributed by atoms with van der Waals surface area (Å²) in [5.41, 5.74) is 0. The smallest absolute Gasteiger partial charge is 0.364 e. The molecule has 0 aromatic heterocycles. The zero-order chi connectivity index (χ0) is 73.6. The molecule has 5 saturated heterocycles. The Kier molecular flexibility index (Phi) is 34.9. The first-order valence-electron chi connectivity index (χ1n) is 33.2. The summed E-state index contributed by atoms with van der Waals surface area (Å²) < 4.78 is 58.9. The normalized spacial score (nSPS) is 36.9. The molecule has 572 valence electrons. The molecule has 5 fully saturated rings. The van der Waals surface area contributed by atoms with Crippen molar-refractivity contribution in [3.63, 3.8) is 0 Å². The van der Waals surface area contributed by atoms with E-state index < -0.39 is 259 Å². The Hall–Kier alpha value is -4.48. The topological polar surface area (TPSA) is 607 Å². The van der Waals surface area contributed by atoms with Crippen molar-refractivity contribution in [3.8, 4) is 0 Å². The van der Waals surface area contributed by atoms with E-state index in [4.69, 9.17) is 47.4 Å². The number of carboxylic acid groups (broad SMARTS) is 2. The number of ether oxygens (including phenoxy) is 10. The van der Waals surface area contributed by atoms with Gasteiger partial charge in [-0.05, 0) is 12.8 Å². The monoisotopic (exact) mass is 1440 g/mol. The Morgan fingerprint density at radius 1 is 0.545 bits per heavy atom. The third-order valence-corrected chi connectivity index (χ3v) is 17.9. The Labute approximate surface area is 570 Å². The molecule has 22 N–H and O–H groups in total. The Morgan fingerprint density at radius 2 is 1.03 bits per heavy atom. The number of carboxylic acids is 2. The largest absolute Gasteiger partial charge is 0.477 e. The molecule has 0 saturated carbocycles. The molecule has 38 heteroatoms. The molecule has 0 unspecified atom stereocenters. The van der Waals surface area contributed by atoms with Crippen LogP contribution >= 0.6 is 0 Å². The number of unbranched alkanes of at least 4 members (excludes halogenated alkanes) is 11. The van der Waals surface area contributed by atoms with Crippen LogP contribution in [0.5, 0.6) is 0 Å². The second-order valence-corrected chi connectivity index (χ2v) is 25.5. The fourth-order valence-electron chi connectivity index (χ4n) is 12.6. The van der Waals surface area contributed by atoms with Crippen molar-refractivity contribution in [2.75, 3.05) is 39.6 Å². The molecular weight excluding hydrogens is 1330 g/mol. The van der Waals surface area contributed by atoms with Gasteiger partial charge in [0, 0.05) is 33.6 Å². The van der Waals surface area contributed by atoms with E-state index in [0.29, 0.717) is 6.42 Å². The molecule has 0 radical (unpaired) electrons. The standard InChI is InChI=1S/C61H104N4O34/c1-5-6-7-8-9-10-11-12-13-14-15-16-17-18-32(75)31(62-27-71)26-90-56-48(84)47(83)50(38(24-69)92-56)94-57-49(85)54(51(39(25-70)93-57)95-55-42(65-30(4)74)46(82)44(80)36(22-67)91-55)99-61(59(88)89)20-34(77)41(64-29(3)73)53(98-61)45(81)37(23-68)96-60(58(86)87)19-33(76)40(63-28(2)72)52(97-60)43(79)35(78)21-66/h17-18,27,31-57,66-70,75-85H,5-16,19-26H2,1-4H3,(H,62,71)(H,63,72)(H,64,73)(H,65,74)(H,86,87)(H,88,89)/b18-17+/t31-,32+,33-,34-,35+,36+,37+,38+,39+,40+,41+,42+,43+,44-,45+,46+,47+,48+,49+,50+,51-,52+,53+,54+,55-,56+,57-,60+,61-/m0/s1. The summed E-state index contributed by atoms with van der Waals surface area (Å²) in [6.45, 7) is -1.76. The van der Waals surface area contributed by atoms with Crippen molar-refractivity contribution in [2.45, 2.75) is 294 Å². The fraction of sp³-hybridized carbons (Fsp3) is 0.869. The first-order chi connectivity index (χ1) is 46.9. The number of allylic oxidation sites excluding steroid dienone is 1. The molecule has 0 spiro atoms. The molecule has 4 amide bonds. The van der Waals surface area contributed by atoms with Crippen LogP contribution in [0.1, 0.15) is 118 Å². The molecular formula is C61H104N4O34. The van der Waals surface area contributed by atoms with E-state index in [9.17, 15) is 121 Å². The maximum Gasteiger partial charge on any atom is 0.364 e. The number of amides is 4. The lowest BCUT2D eigenvalue weighted by molar-refractivity contribution is -0.402. The summed E-state index contributed by atoms with van der Waals surface area (Å²) in [6.07, 6.45) is -36.1. The van der Waals surface area contributed by atoms with E-state index in [2.05, 4.69) is 28.2 Å². The van der Waals surface area contributed by atoms with Crippen molar-refractivity contribution in [1.29, 1.82) is 0 Å². The first kappa shape index (κ1) is 85.2. The van der Waals surface area contributed by atoms with Crippen molar-refractivity contribution in [1.82, 2.24) is 21.3 Å². The third-order valence-electron chi connectivity index (χ3n) is 17.9. The lowest BCUT2D eigenvalue weighted by Crippen LogP contribution is -2.72. The highest BCUT2D eigenvalue weighted by Crippen LogP contribution is 2.42. The number of aliphatic hydroxyl groups excluding tert-OH is 16. The zero-order valence-electron chi connectivity index (χ0n) is 55.5. The highest BCUT2D eigenvalue weighted by atomic mass is 16.8. The minimum atomic E-state index is -3.58. The van der Waals surface area contributed by atoms with Gasteiger partial charge in [0.1, 0.15) is 110 Å². The fourth-order valence-corrected chi connectivity index (χ4v) is 12.6. The van der Waals surface area contributed by atoms with Crippen molar-refractivity contribution >= 4 is 36.1 Å². The lowest BCUT2D eigenvalue weighted by atomic mass is 9.87. The highest BCUT2D eigenvalue weighted by molar-refractivity contribution is 5.77. The summed E-state index contributed by atoms with van der Waals surface area (Å²) in [5, 5.41) is 209. The predicted octanol–water partition coefficient (Wildman–Crippen LogP) is -8.32. The predicted molar refractivity (Wildman–Crippen MR) is 329 cm³/mol. The number of hydrogen-bond acceptors (Lipinski definition) is 32. The SMILES string of the molecule is CCCCCCCCCCCCC/C=C/[C@@H](O)[C@H](CO[C@@H]1O[C@H](CO)[C@@H](O[C@@H]2O[C@H](CO)[C@H](O[C@@H]3O[C@H](CO)[C@H](O)[C@H](O)[C@H]3NC(C)=O)[C@H](O[C@]3(C(=O)O)C[C@H](O)[C@@H](NC(C)=O)[C@H]([C@H](O)[C@@H](CO)O[C@]4(C(=O)O)C[C@H](O)[C@@H](NC(C)=O)[C@H]([C@H](O)[C@H](O)CO)O4)O3)[C@H]2O)[C@H](O)[C@H]1O)NC=O. The van der Waals surface area contributed by atoms with Gasteiger partial charge in [0.25, 0.3) is 11.6 Å². The van der Waals surface area contributed by atoms with Gasteiger partial charge in [-0.3, -0.25) is 19.2 Å². The van der Waals surface area contributed by atoms with Crippen LogP contribution < -0.4 is 21.3 Å². The van der Waals surface area contributed by atoms with Gasteiger partial charge in [-0.2, -0.15) is 0 Å². The van der Waals surface area contributed by atoms with Crippen LogP contribution in [0.3, 0.4) is 0 Å². The Morgan fingerprint density at radius 3 is 1.55 bits per heavy atom. The van der Waals surface area contributed by atoms with E-state index >= 15 is 0 Å². The second-order valence-electron chi connectivity index (χ2n) is 25.5. The van der Waals surface area contributed by atoms with Gasteiger partial charge in [-0.25, -0.2) is 9.59 Å². The molecule has 5 heterocycles. The summed E-state index contributed by atoms with van der Waals surface area (Å²) in [6, 6.07) is -6.81. The minimum Gasteiger partial charge on any atom is -0.477 e. The molecule has 0 aromatic rings. The van der Waals surface area contributed by atoms with E-state index in [1.165, 1.54) is 44.6 Å². The van der Waals surface area contributed by atoms with Crippen LogP contribution in [0.15, 0.2) is 12.2 Å². The third kappa shape index (κ3) is 22.5. The van der Waals surface area contributed by atoms with Gasteiger partial charge in [0.15, 0.2) is 18.9 Å². The molecule has 0 aliphatic carbocycles. The maximum atomic E-state index is 14.0. The van der Waals surface area contributed by atoms with Crippen LogP contribution in [0.25, 0.3) is 0 Å². The van der Waals surface area contributed by atoms with Crippen LogP contribution in [-0.4, -0.2) is 344 Å².